The van der Waals surface area contributed by atoms with E-state index in [0.717, 1.165) is 23.3 Å². The van der Waals surface area contributed by atoms with Crippen LogP contribution in [0.15, 0.2) is 59.5 Å². The molecule has 0 aliphatic heterocycles. The first-order valence-electron chi connectivity index (χ1n) is 8.83. The van der Waals surface area contributed by atoms with Crippen molar-refractivity contribution in [2.45, 2.75) is 37.6 Å². The summed E-state index contributed by atoms with van der Waals surface area (Å²) in [6.07, 6.45) is 1.15. The van der Waals surface area contributed by atoms with Gasteiger partial charge in [0.05, 0.1) is 12.5 Å². The van der Waals surface area contributed by atoms with Gasteiger partial charge in [0.25, 0.3) is 0 Å². The van der Waals surface area contributed by atoms with Crippen LogP contribution in [0.1, 0.15) is 36.9 Å². The van der Waals surface area contributed by atoms with Crippen LogP contribution in [-0.2, 0) is 9.59 Å². The second-order valence-corrected chi connectivity index (χ2v) is 7.40. The topological polar surface area (TPSA) is 58.2 Å². The Hall–Kier alpha value is -2.27. The van der Waals surface area contributed by atoms with Crippen molar-refractivity contribution in [3.05, 3.63) is 65.7 Å². The van der Waals surface area contributed by atoms with Gasteiger partial charge < -0.3 is 10.6 Å². The van der Waals surface area contributed by atoms with Crippen molar-refractivity contribution < 1.29 is 9.59 Å². The molecule has 0 radical (unpaired) electrons. The Balaban J connectivity index is 1.76. The molecule has 26 heavy (non-hydrogen) atoms. The third-order valence-electron chi connectivity index (χ3n) is 3.90. The maximum atomic E-state index is 12.2. The summed E-state index contributed by atoms with van der Waals surface area (Å²) in [5, 5.41) is 5.82. The van der Waals surface area contributed by atoms with Crippen LogP contribution in [0.5, 0.6) is 0 Å². The minimum Gasteiger partial charge on any atom is -0.356 e. The predicted octanol–water partition coefficient (Wildman–Crippen LogP) is 3.86. The number of carbonyl (C=O) groups is 2. The van der Waals surface area contributed by atoms with Crippen LogP contribution in [0.25, 0.3) is 0 Å². The zero-order valence-electron chi connectivity index (χ0n) is 15.3. The number of thioether (sulfide) groups is 1. The minimum atomic E-state index is -0.299. The molecular weight excluding hydrogens is 344 g/mol. The van der Waals surface area contributed by atoms with E-state index in [-0.39, 0.29) is 24.3 Å². The number of hydrogen-bond donors (Lipinski definition) is 2. The largest absolute Gasteiger partial charge is 0.356 e. The number of amides is 2. The molecule has 0 heterocycles. The van der Waals surface area contributed by atoms with Gasteiger partial charge in [0.2, 0.25) is 11.8 Å². The fraction of sp³-hybridized carbons (Fsp3) is 0.333. The molecule has 0 aliphatic rings. The number of carbonyl (C=O) groups excluding carboxylic acids is 2. The van der Waals surface area contributed by atoms with Crippen LogP contribution < -0.4 is 10.6 Å². The molecule has 0 aliphatic carbocycles. The molecule has 2 aromatic rings. The van der Waals surface area contributed by atoms with Gasteiger partial charge in [-0.2, -0.15) is 0 Å². The third-order valence-corrected chi connectivity index (χ3v) is 5.00. The van der Waals surface area contributed by atoms with Crippen LogP contribution >= 0.6 is 11.8 Å². The Morgan fingerprint density at radius 1 is 1.04 bits per heavy atom. The highest BCUT2D eigenvalue weighted by molar-refractivity contribution is 7.99. The highest BCUT2D eigenvalue weighted by Crippen LogP contribution is 2.18. The predicted molar refractivity (Wildman–Crippen MR) is 107 cm³/mol. The maximum Gasteiger partial charge on any atom is 0.222 e. The number of benzene rings is 2. The lowest BCUT2D eigenvalue weighted by Crippen LogP contribution is -2.33. The zero-order chi connectivity index (χ0) is 18.8. The molecular formula is C21H26N2O2S. The first-order valence-corrected chi connectivity index (χ1v) is 9.81. The van der Waals surface area contributed by atoms with Crippen LogP contribution in [-0.4, -0.2) is 24.1 Å². The fourth-order valence-corrected chi connectivity index (χ4v) is 3.43. The molecule has 0 bridgehead atoms. The molecule has 1 atom stereocenters. The molecule has 2 N–H and O–H groups in total. The quantitative estimate of drug-likeness (QED) is 0.520. The summed E-state index contributed by atoms with van der Waals surface area (Å²) >= 11 is 1.78. The van der Waals surface area contributed by atoms with Crippen LogP contribution in [0.4, 0.5) is 0 Å². The van der Waals surface area contributed by atoms with Gasteiger partial charge in [-0.1, -0.05) is 48.0 Å². The normalized spacial score (nSPS) is 11.6. The first kappa shape index (κ1) is 20.0. The summed E-state index contributed by atoms with van der Waals surface area (Å²) in [6.45, 7) is 4.12. The van der Waals surface area contributed by atoms with Crippen molar-refractivity contribution in [3.63, 3.8) is 0 Å². The van der Waals surface area contributed by atoms with E-state index < -0.39 is 0 Å². The molecule has 1 unspecified atom stereocenters. The Morgan fingerprint density at radius 2 is 1.73 bits per heavy atom. The lowest BCUT2D eigenvalue weighted by molar-refractivity contribution is -0.122. The van der Waals surface area contributed by atoms with E-state index in [4.69, 9.17) is 0 Å². The first-order chi connectivity index (χ1) is 12.5. The van der Waals surface area contributed by atoms with Crippen molar-refractivity contribution in [1.29, 1.82) is 0 Å². The monoisotopic (exact) mass is 370 g/mol. The molecule has 2 amide bonds. The highest BCUT2D eigenvalue weighted by Gasteiger charge is 2.16. The van der Waals surface area contributed by atoms with Gasteiger partial charge in [0.1, 0.15) is 0 Å². The van der Waals surface area contributed by atoms with E-state index in [0.29, 0.717) is 6.54 Å². The highest BCUT2D eigenvalue weighted by atomic mass is 32.2. The number of hydrogen-bond acceptors (Lipinski definition) is 3. The molecule has 2 rings (SSSR count). The number of rotatable bonds is 9. The van der Waals surface area contributed by atoms with E-state index in [1.54, 1.807) is 11.8 Å². The Kier molecular flexibility index (Phi) is 8.22. The van der Waals surface area contributed by atoms with E-state index in [1.807, 2.05) is 49.4 Å². The molecule has 0 saturated heterocycles. The van der Waals surface area contributed by atoms with Crippen molar-refractivity contribution in [1.82, 2.24) is 10.6 Å². The fourth-order valence-electron chi connectivity index (χ4n) is 2.56. The summed E-state index contributed by atoms with van der Waals surface area (Å²) in [6, 6.07) is 17.8. The summed E-state index contributed by atoms with van der Waals surface area (Å²) in [5.41, 5.74) is 2.09. The van der Waals surface area contributed by atoms with Gasteiger partial charge in [-0.3, -0.25) is 9.59 Å². The van der Waals surface area contributed by atoms with E-state index in [9.17, 15) is 9.59 Å². The SMILES string of the molecule is CC(=O)NC(CC(=O)NCCCSc1ccccc1)c1ccc(C)cc1. The smallest absolute Gasteiger partial charge is 0.222 e. The zero-order valence-corrected chi connectivity index (χ0v) is 16.1. The van der Waals surface area contributed by atoms with Crippen molar-refractivity contribution >= 4 is 23.6 Å². The third kappa shape index (κ3) is 7.31. The lowest BCUT2D eigenvalue weighted by atomic mass is 10.0. The molecule has 0 spiro atoms. The van der Waals surface area contributed by atoms with Crippen molar-refractivity contribution in [3.8, 4) is 0 Å². The minimum absolute atomic E-state index is 0.0472. The lowest BCUT2D eigenvalue weighted by Gasteiger charge is -2.18. The molecule has 2 aromatic carbocycles. The summed E-state index contributed by atoms with van der Waals surface area (Å²) in [5.74, 6) is 0.772. The van der Waals surface area contributed by atoms with E-state index >= 15 is 0 Å². The van der Waals surface area contributed by atoms with Crippen LogP contribution in [0, 0.1) is 6.92 Å². The van der Waals surface area contributed by atoms with Crippen molar-refractivity contribution in [2.24, 2.45) is 0 Å². The second kappa shape index (κ2) is 10.7. The van der Waals surface area contributed by atoms with Gasteiger partial charge in [0.15, 0.2) is 0 Å². The second-order valence-electron chi connectivity index (χ2n) is 6.23. The van der Waals surface area contributed by atoms with Crippen LogP contribution in [0.2, 0.25) is 0 Å². The van der Waals surface area contributed by atoms with Gasteiger partial charge in [-0.25, -0.2) is 0 Å². The summed E-state index contributed by atoms with van der Waals surface area (Å²) in [7, 11) is 0. The van der Waals surface area contributed by atoms with Gasteiger partial charge in [-0.15, -0.1) is 11.8 Å². The number of nitrogens with one attached hydrogen (secondary N) is 2. The molecule has 0 saturated carbocycles. The van der Waals surface area contributed by atoms with Gasteiger partial charge >= 0.3 is 0 Å². The molecule has 0 aromatic heterocycles. The van der Waals surface area contributed by atoms with Gasteiger partial charge in [-0.05, 0) is 36.8 Å². The molecule has 138 valence electrons. The number of aryl methyl sites for hydroxylation is 1. The van der Waals surface area contributed by atoms with E-state index in [1.165, 1.54) is 11.8 Å². The Labute approximate surface area is 159 Å². The Bertz CT molecular complexity index is 702. The molecule has 5 heteroatoms. The summed E-state index contributed by atoms with van der Waals surface area (Å²) in [4.78, 5) is 24.9. The average Bonchev–Trinajstić information content (AvgIpc) is 2.62. The summed E-state index contributed by atoms with van der Waals surface area (Å²) < 4.78 is 0. The molecule has 4 nitrogen and oxygen atoms in total. The average molecular weight is 371 g/mol. The van der Waals surface area contributed by atoms with E-state index in [2.05, 4.69) is 22.8 Å². The maximum absolute atomic E-state index is 12.2. The van der Waals surface area contributed by atoms with Gasteiger partial charge in [0, 0.05) is 18.4 Å². The standard InChI is InChI=1S/C21H26N2O2S/c1-16-9-11-18(12-10-16)20(23-17(2)24)15-21(25)22-13-6-14-26-19-7-4-3-5-8-19/h3-5,7-12,20H,6,13-15H2,1-2H3,(H,22,25)(H,23,24). The Morgan fingerprint density at radius 3 is 2.38 bits per heavy atom. The van der Waals surface area contributed by atoms with Crippen molar-refractivity contribution in [2.75, 3.05) is 12.3 Å². The van der Waals surface area contributed by atoms with Crippen LogP contribution in [0.3, 0.4) is 0 Å². The molecule has 0 fully saturated rings.